The van der Waals surface area contributed by atoms with Gasteiger partial charge in [0.25, 0.3) is 0 Å². The molecule has 0 amide bonds. The number of carbonyl (C=O) groups is 1. The Morgan fingerprint density at radius 2 is 1.28 bits per heavy atom. The first-order valence-electron chi connectivity index (χ1n) is 15.0. The Kier molecular flexibility index (Phi) is 10.4. The van der Waals surface area contributed by atoms with Crippen molar-refractivity contribution in [3.63, 3.8) is 0 Å². The summed E-state index contributed by atoms with van der Waals surface area (Å²) in [7, 11) is 0. The normalized spacial score (nSPS) is 54.4. The standard InChI is InChI=1S/C26H40O21/c1-6(29)45-26(22(36)13(32)11(30)8(3-28)46-26)47-18-10-5-39-21(18)16(35)25(42-10)44-19-12(31)7(2-27)41-24(15(19)34)43-17-9-4-38-20(17)14(33)23(37)40-9/h7-25,27-28,30-37H,2-5H2,1H3/t7-,8-,9+,10+,11+,12-,13+,14+,15-,16+,17+,18+,19+,20+,21+,22-,23-,24+,25+,26+/m1/s1. The highest BCUT2D eigenvalue weighted by Crippen LogP contribution is 2.41. The van der Waals surface area contributed by atoms with Crippen LogP contribution in [0.2, 0.25) is 0 Å². The molecule has 0 aromatic heterocycles. The van der Waals surface area contributed by atoms with Gasteiger partial charge in [0.2, 0.25) is 0 Å². The lowest BCUT2D eigenvalue weighted by Crippen LogP contribution is -2.70. The van der Waals surface area contributed by atoms with Crippen LogP contribution in [0.4, 0.5) is 0 Å². The molecule has 0 spiro atoms. The van der Waals surface area contributed by atoms with E-state index in [4.69, 9.17) is 47.4 Å². The molecule has 6 fully saturated rings. The maximum atomic E-state index is 12.0. The molecule has 0 aliphatic carbocycles. The number of ether oxygens (including phenoxy) is 10. The summed E-state index contributed by atoms with van der Waals surface area (Å²) in [6.07, 6.45) is -28.9. The van der Waals surface area contributed by atoms with Crippen LogP contribution in [0, 0.1) is 0 Å². The number of hydrogen-bond acceptors (Lipinski definition) is 21. The predicted molar refractivity (Wildman–Crippen MR) is 138 cm³/mol. The average molecular weight is 689 g/mol. The van der Waals surface area contributed by atoms with E-state index in [1.54, 1.807) is 0 Å². The second kappa shape index (κ2) is 13.8. The van der Waals surface area contributed by atoms with Crippen LogP contribution < -0.4 is 0 Å². The molecule has 0 aromatic carbocycles. The maximum Gasteiger partial charge on any atom is 0.360 e. The molecule has 6 rings (SSSR count). The summed E-state index contributed by atoms with van der Waals surface area (Å²) in [5, 5.41) is 104. The first-order valence-corrected chi connectivity index (χ1v) is 15.0. The highest BCUT2D eigenvalue weighted by molar-refractivity contribution is 5.66. The second-order valence-electron chi connectivity index (χ2n) is 12.1. The van der Waals surface area contributed by atoms with Crippen molar-refractivity contribution in [3.05, 3.63) is 0 Å². The zero-order chi connectivity index (χ0) is 33.9. The lowest BCUT2D eigenvalue weighted by molar-refractivity contribution is -0.466. The Morgan fingerprint density at radius 1 is 0.681 bits per heavy atom. The van der Waals surface area contributed by atoms with Gasteiger partial charge in [-0.2, -0.15) is 0 Å². The van der Waals surface area contributed by atoms with Crippen molar-refractivity contribution >= 4 is 5.97 Å². The minimum atomic E-state index is -2.79. The minimum Gasteiger partial charge on any atom is -0.406 e. The van der Waals surface area contributed by atoms with Gasteiger partial charge in [-0.15, -0.1) is 0 Å². The Labute approximate surface area is 265 Å². The smallest absolute Gasteiger partial charge is 0.360 e. The number of fused-ring (bicyclic) bond motifs is 4. The highest BCUT2D eigenvalue weighted by atomic mass is 16.9. The molecular weight excluding hydrogens is 648 g/mol. The van der Waals surface area contributed by atoms with Crippen molar-refractivity contribution in [3.8, 4) is 0 Å². The van der Waals surface area contributed by atoms with Crippen molar-refractivity contribution < 1.29 is 103 Å². The Bertz CT molecular complexity index is 1100. The molecule has 0 saturated carbocycles. The predicted octanol–water partition coefficient (Wildman–Crippen LogP) is -7.77. The summed E-state index contributed by atoms with van der Waals surface area (Å²) in [5.74, 6) is -3.83. The van der Waals surface area contributed by atoms with Crippen LogP contribution in [0.3, 0.4) is 0 Å². The van der Waals surface area contributed by atoms with Gasteiger partial charge in [-0.3, -0.25) is 4.79 Å². The summed E-state index contributed by atoms with van der Waals surface area (Å²) in [6.45, 7) is -0.990. The van der Waals surface area contributed by atoms with Crippen LogP contribution >= 0.6 is 0 Å². The first-order chi connectivity index (χ1) is 22.3. The number of esters is 1. The molecule has 4 bridgehead atoms. The fourth-order valence-corrected chi connectivity index (χ4v) is 6.63. The lowest BCUT2D eigenvalue weighted by atomic mass is 9.96. The summed E-state index contributed by atoms with van der Waals surface area (Å²) in [4.78, 5) is 12.0. The molecule has 21 heteroatoms. The van der Waals surface area contributed by atoms with Crippen molar-refractivity contribution in [2.45, 2.75) is 129 Å². The molecule has 6 heterocycles. The first kappa shape index (κ1) is 35.5. The number of aliphatic hydroxyl groups excluding tert-OH is 10. The molecule has 20 atom stereocenters. The van der Waals surface area contributed by atoms with E-state index in [1.165, 1.54) is 0 Å². The molecule has 0 aromatic rings. The van der Waals surface area contributed by atoms with Crippen molar-refractivity contribution in [1.29, 1.82) is 0 Å². The van der Waals surface area contributed by atoms with Gasteiger partial charge in [0.05, 0.1) is 26.4 Å². The molecule has 6 saturated heterocycles. The summed E-state index contributed by atoms with van der Waals surface area (Å²) in [6, 6.07) is 0. The SMILES string of the molecule is CC(=O)O[C@]1(O[C@@H]2[C@H]3OC[C@@H]2O[C@@H](O[C@@H]2[C@@H](O)[C@H](O[C@@H]4[C@H]5OC[C@@H]4O[C@@H](O)[C@H]5O)O[C@H](CO)[C@H]2O)[C@H]3O)O[C@H](CO)[C@H](O)[C@H](O)[C@H]1O. The molecule has 47 heavy (non-hydrogen) atoms. The van der Waals surface area contributed by atoms with E-state index >= 15 is 0 Å². The third-order valence-electron chi connectivity index (χ3n) is 9.06. The molecule has 21 nitrogen and oxygen atoms in total. The average Bonchev–Trinajstić information content (AvgIpc) is 3.52. The van der Waals surface area contributed by atoms with E-state index in [1.807, 2.05) is 0 Å². The minimum absolute atomic E-state index is 0.0482. The highest BCUT2D eigenvalue weighted by Gasteiger charge is 2.63. The maximum absolute atomic E-state index is 12.0. The van der Waals surface area contributed by atoms with Crippen LogP contribution in [-0.4, -0.2) is 206 Å². The summed E-state index contributed by atoms with van der Waals surface area (Å²) in [5.41, 5.74) is 0. The van der Waals surface area contributed by atoms with Crippen LogP contribution in [0.1, 0.15) is 6.92 Å². The third kappa shape index (κ3) is 6.31. The number of rotatable bonds is 9. The largest absolute Gasteiger partial charge is 0.406 e. The van der Waals surface area contributed by atoms with Gasteiger partial charge in [-0.25, -0.2) is 0 Å². The van der Waals surface area contributed by atoms with Crippen LogP contribution in [0.15, 0.2) is 0 Å². The molecule has 10 N–H and O–H groups in total. The topological polar surface area (TPSA) is 312 Å². The van der Waals surface area contributed by atoms with Gasteiger partial charge in [-0.1, -0.05) is 0 Å². The molecular formula is C26H40O21. The Balaban J connectivity index is 1.17. The molecule has 0 unspecified atom stereocenters. The number of carbonyl (C=O) groups excluding carboxylic acids is 1. The van der Waals surface area contributed by atoms with Crippen molar-refractivity contribution in [2.24, 2.45) is 0 Å². The summed E-state index contributed by atoms with van der Waals surface area (Å²) >= 11 is 0. The Morgan fingerprint density at radius 3 is 1.91 bits per heavy atom. The van der Waals surface area contributed by atoms with Crippen LogP contribution in [0.5, 0.6) is 0 Å². The van der Waals surface area contributed by atoms with Gasteiger partial charge in [0, 0.05) is 6.92 Å². The lowest BCUT2D eigenvalue weighted by Gasteiger charge is -2.49. The fraction of sp³-hybridized carbons (Fsp3) is 0.962. The van der Waals surface area contributed by atoms with Crippen LogP contribution in [0.25, 0.3) is 0 Å². The van der Waals surface area contributed by atoms with E-state index in [0.29, 0.717) is 0 Å². The fourth-order valence-electron chi connectivity index (χ4n) is 6.63. The second-order valence-corrected chi connectivity index (χ2v) is 12.1. The van der Waals surface area contributed by atoms with Gasteiger partial charge in [0.15, 0.2) is 25.0 Å². The third-order valence-corrected chi connectivity index (χ3v) is 9.06. The number of hydrogen-bond donors (Lipinski definition) is 10. The van der Waals surface area contributed by atoms with E-state index < -0.39 is 142 Å². The van der Waals surface area contributed by atoms with E-state index in [-0.39, 0.29) is 13.2 Å². The quantitative estimate of drug-likeness (QED) is 0.0794. The molecule has 0 radical (unpaired) electrons. The van der Waals surface area contributed by atoms with E-state index in [9.17, 15) is 55.9 Å². The van der Waals surface area contributed by atoms with Gasteiger partial charge in [0.1, 0.15) is 91.6 Å². The van der Waals surface area contributed by atoms with Gasteiger partial charge >= 0.3 is 11.9 Å². The van der Waals surface area contributed by atoms with Gasteiger partial charge < -0.3 is 98.4 Å². The van der Waals surface area contributed by atoms with Crippen molar-refractivity contribution in [2.75, 3.05) is 26.4 Å². The van der Waals surface area contributed by atoms with Crippen LogP contribution in [-0.2, 0) is 52.2 Å². The Hall–Kier alpha value is -1.29. The van der Waals surface area contributed by atoms with E-state index in [2.05, 4.69) is 0 Å². The number of aliphatic hydroxyl groups is 10. The monoisotopic (exact) mass is 688 g/mol. The zero-order valence-corrected chi connectivity index (χ0v) is 24.8. The summed E-state index contributed by atoms with van der Waals surface area (Å²) < 4.78 is 55.7. The van der Waals surface area contributed by atoms with E-state index in [0.717, 1.165) is 6.92 Å². The zero-order valence-electron chi connectivity index (χ0n) is 24.8. The molecule has 6 aliphatic rings. The van der Waals surface area contributed by atoms with Crippen molar-refractivity contribution in [1.82, 2.24) is 0 Å². The molecule has 270 valence electrons. The molecule has 6 aliphatic heterocycles. The van der Waals surface area contributed by atoms with Gasteiger partial charge in [-0.05, 0) is 0 Å².